The highest BCUT2D eigenvalue weighted by Crippen LogP contribution is 2.52. The van der Waals surface area contributed by atoms with Gasteiger partial charge in [-0.25, -0.2) is 0 Å². The molecule has 124 valence electrons. The smallest absolute Gasteiger partial charge is 0.0771 e. The van der Waals surface area contributed by atoms with Crippen LogP contribution in [0.15, 0.2) is 0 Å². The van der Waals surface area contributed by atoms with Crippen LogP contribution in [0.3, 0.4) is 0 Å². The summed E-state index contributed by atoms with van der Waals surface area (Å²) in [6.45, 7) is 12.0. The Morgan fingerprint density at radius 2 is 1.10 bits per heavy atom. The fraction of sp³-hybridized carbons (Fsp3) is 1.00. The van der Waals surface area contributed by atoms with Crippen LogP contribution >= 0.6 is 0 Å². The molecular weight excluding hydrogens is 250 g/mol. The molecule has 0 spiro atoms. The predicted molar refractivity (Wildman–Crippen MR) is 105 cm³/mol. The molecule has 0 aliphatic heterocycles. The van der Waals surface area contributed by atoms with Gasteiger partial charge in [-0.1, -0.05) is 104 Å². The Morgan fingerprint density at radius 1 is 0.714 bits per heavy atom. The maximum Gasteiger partial charge on any atom is 0.100 e. The van der Waals surface area contributed by atoms with Crippen LogP contribution < -0.4 is 0 Å². The number of unbranched alkanes of at least 4 members (excludes halogenated alkanes) is 7. The third kappa shape index (κ3) is 7.29. The van der Waals surface area contributed by atoms with E-state index in [-0.39, 0.29) is 0 Å². The van der Waals surface area contributed by atoms with Gasteiger partial charge >= 0.3 is 0 Å². The van der Waals surface area contributed by atoms with E-state index in [0.29, 0.717) is 10.6 Å². The molecule has 0 bridgehead atoms. The average Bonchev–Trinajstić information content (AvgIpc) is 2.43. The van der Waals surface area contributed by atoms with E-state index in [0.717, 1.165) is 5.92 Å². The summed E-state index contributed by atoms with van der Waals surface area (Å²) in [5.41, 5.74) is 0.515. The summed E-state index contributed by atoms with van der Waals surface area (Å²) < 4.78 is 0. The van der Waals surface area contributed by atoms with Gasteiger partial charge in [-0.3, -0.25) is 0 Å². The molecule has 0 fully saturated rings. The zero-order valence-corrected chi connectivity index (χ0v) is 16.4. The summed E-state index contributed by atoms with van der Waals surface area (Å²) in [4.78, 5) is 0. The van der Waals surface area contributed by atoms with Crippen LogP contribution in [0.5, 0.6) is 0 Å². The summed E-state index contributed by atoms with van der Waals surface area (Å²) in [6, 6.07) is 0. The SMILES string of the molecule is BC(B)(C(C)C)C(C)(CCCCCC)CCCCCCC. The van der Waals surface area contributed by atoms with Gasteiger partial charge in [0.15, 0.2) is 0 Å². The topological polar surface area (TPSA) is 0 Å². The van der Waals surface area contributed by atoms with Crippen molar-refractivity contribution in [1.29, 1.82) is 0 Å². The van der Waals surface area contributed by atoms with Crippen LogP contribution in [0, 0.1) is 11.3 Å². The van der Waals surface area contributed by atoms with Crippen molar-refractivity contribution in [2.45, 2.75) is 110 Å². The summed E-state index contributed by atoms with van der Waals surface area (Å²) in [5, 5.41) is 0.448. The summed E-state index contributed by atoms with van der Waals surface area (Å²) in [6.07, 6.45) is 15.5. The van der Waals surface area contributed by atoms with Crippen LogP contribution in [-0.2, 0) is 0 Å². The first-order valence-electron chi connectivity index (χ1n) is 9.81. The van der Waals surface area contributed by atoms with E-state index in [1.165, 1.54) is 70.6 Å². The molecule has 2 heteroatoms. The molecular formula is C19H42B2. The highest BCUT2D eigenvalue weighted by atomic mass is 14.4. The Bertz CT molecular complexity index is 248. The number of hydrogen-bond acceptors (Lipinski definition) is 0. The first kappa shape index (κ1) is 21.1. The van der Waals surface area contributed by atoms with E-state index in [1.807, 2.05) is 0 Å². The maximum absolute atomic E-state index is 2.58. The molecule has 21 heavy (non-hydrogen) atoms. The molecule has 0 amide bonds. The fourth-order valence-corrected chi connectivity index (χ4v) is 3.53. The second-order valence-electron chi connectivity index (χ2n) is 8.41. The van der Waals surface area contributed by atoms with Crippen molar-refractivity contribution < 1.29 is 0 Å². The normalized spacial score (nSPS) is 15.3. The molecule has 1 atom stereocenters. The summed E-state index contributed by atoms with van der Waals surface area (Å²) >= 11 is 0. The number of hydrogen-bond donors (Lipinski definition) is 0. The lowest BCUT2D eigenvalue weighted by Crippen LogP contribution is -2.39. The maximum atomic E-state index is 2.58. The van der Waals surface area contributed by atoms with Gasteiger partial charge in [0.05, 0.1) is 0 Å². The second-order valence-corrected chi connectivity index (χ2v) is 8.41. The van der Waals surface area contributed by atoms with E-state index in [9.17, 15) is 0 Å². The van der Waals surface area contributed by atoms with Gasteiger partial charge in [0, 0.05) is 0 Å². The monoisotopic (exact) mass is 292 g/mol. The second kappa shape index (κ2) is 10.8. The third-order valence-electron chi connectivity index (χ3n) is 6.41. The Labute approximate surface area is 138 Å². The molecule has 0 rings (SSSR count). The van der Waals surface area contributed by atoms with E-state index >= 15 is 0 Å². The lowest BCUT2D eigenvalue weighted by molar-refractivity contribution is 0.177. The Hall–Kier alpha value is 0.130. The molecule has 0 saturated carbocycles. The van der Waals surface area contributed by atoms with Crippen molar-refractivity contribution in [2.24, 2.45) is 11.3 Å². The van der Waals surface area contributed by atoms with Crippen molar-refractivity contribution >= 4 is 15.7 Å². The van der Waals surface area contributed by atoms with E-state index in [2.05, 4.69) is 50.3 Å². The molecule has 0 aromatic carbocycles. The van der Waals surface area contributed by atoms with E-state index < -0.39 is 0 Å². The average molecular weight is 292 g/mol. The molecule has 0 N–H and O–H groups in total. The predicted octanol–water partition coefficient (Wildman–Crippen LogP) is 5.36. The quantitative estimate of drug-likeness (QED) is 0.316. The van der Waals surface area contributed by atoms with Gasteiger partial charge in [0.1, 0.15) is 15.7 Å². The minimum Gasteiger partial charge on any atom is -0.0771 e. The number of rotatable bonds is 13. The fourth-order valence-electron chi connectivity index (χ4n) is 3.53. The zero-order valence-electron chi connectivity index (χ0n) is 16.4. The van der Waals surface area contributed by atoms with Crippen molar-refractivity contribution in [3.8, 4) is 0 Å². The summed E-state index contributed by atoms with van der Waals surface area (Å²) in [5.74, 6) is 0.768. The van der Waals surface area contributed by atoms with E-state index in [4.69, 9.17) is 0 Å². The summed E-state index contributed by atoms with van der Waals surface area (Å²) in [7, 11) is 5.03. The van der Waals surface area contributed by atoms with Crippen LogP contribution in [0.1, 0.15) is 105 Å². The van der Waals surface area contributed by atoms with Crippen molar-refractivity contribution in [3.63, 3.8) is 0 Å². The Balaban J connectivity index is 4.52. The molecule has 0 heterocycles. The van der Waals surface area contributed by atoms with Gasteiger partial charge in [-0.2, -0.15) is 0 Å². The first-order chi connectivity index (χ1) is 9.81. The Morgan fingerprint density at radius 3 is 1.48 bits per heavy atom. The molecule has 0 radical (unpaired) electrons. The molecule has 0 aliphatic carbocycles. The van der Waals surface area contributed by atoms with Gasteiger partial charge in [0.2, 0.25) is 0 Å². The van der Waals surface area contributed by atoms with Crippen molar-refractivity contribution in [3.05, 3.63) is 0 Å². The molecule has 0 aromatic heterocycles. The minimum atomic E-state index is 0.448. The van der Waals surface area contributed by atoms with Crippen molar-refractivity contribution in [2.75, 3.05) is 0 Å². The largest absolute Gasteiger partial charge is 0.100 e. The molecule has 1 unspecified atom stereocenters. The van der Waals surface area contributed by atoms with Crippen molar-refractivity contribution in [1.82, 2.24) is 0 Å². The van der Waals surface area contributed by atoms with Crippen LogP contribution in [0.25, 0.3) is 0 Å². The standard InChI is InChI=1S/C19H42B2/c1-6-8-10-12-14-16-18(5,15-13-11-9-7-2)19(20,21)17(3)4/h17H,6-16,20-21H2,1-5H3. The minimum absolute atomic E-state index is 0.448. The highest BCUT2D eigenvalue weighted by Gasteiger charge is 2.41. The highest BCUT2D eigenvalue weighted by molar-refractivity contribution is 6.40. The lowest BCUT2D eigenvalue weighted by Gasteiger charge is -2.48. The Kier molecular flexibility index (Phi) is 10.9. The van der Waals surface area contributed by atoms with E-state index in [1.54, 1.807) is 0 Å². The van der Waals surface area contributed by atoms with Gasteiger partial charge in [-0.15, -0.1) is 0 Å². The molecule has 0 nitrogen and oxygen atoms in total. The van der Waals surface area contributed by atoms with Crippen LogP contribution in [0.2, 0.25) is 5.21 Å². The third-order valence-corrected chi connectivity index (χ3v) is 6.41. The van der Waals surface area contributed by atoms with Gasteiger partial charge in [0.25, 0.3) is 0 Å². The van der Waals surface area contributed by atoms with Gasteiger partial charge < -0.3 is 0 Å². The molecule has 0 saturated heterocycles. The molecule has 0 aromatic rings. The zero-order chi connectivity index (χ0) is 16.4. The van der Waals surface area contributed by atoms with Crippen LogP contribution in [-0.4, -0.2) is 15.7 Å². The first-order valence-corrected chi connectivity index (χ1v) is 9.81. The lowest BCUT2D eigenvalue weighted by atomic mass is 9.37. The van der Waals surface area contributed by atoms with Gasteiger partial charge in [-0.05, 0) is 18.3 Å². The molecule has 0 aliphatic rings. The van der Waals surface area contributed by atoms with Crippen LogP contribution in [0.4, 0.5) is 0 Å².